The maximum Gasteiger partial charge on any atom is 0.144 e. The summed E-state index contributed by atoms with van der Waals surface area (Å²) in [6, 6.07) is 51.5. The van der Waals surface area contributed by atoms with E-state index < -0.39 is 0 Å². The number of anilines is 3. The van der Waals surface area contributed by atoms with E-state index in [1.807, 2.05) is 48.5 Å². The van der Waals surface area contributed by atoms with Crippen LogP contribution in [0.2, 0.25) is 0 Å². The molecule has 4 heterocycles. The number of phenols is 1. The Kier molecular flexibility index (Phi) is 7.85. The standard InChI is InChI=1S/C56H40N2O5/c1-33-25-47-55(29-43(33)39-14-3-8-21-49(39)59)62-52-24-11-7-20-46(52)58(47)37-27-35(38-17-12-18-42-40-15-4-10-23-51(40)63-56(38)42)26-36(28-37)57-45-19-6-2-13-34(45)32-60-54-30-44-41-16-5-9-22-50(41)61-53(44)31-48(54)57/h2-26,28-31,35,47,55,59H,27,32H2,1H3. The topological polar surface area (TPSA) is 71.5 Å². The molecule has 13 rings (SSSR count). The number of aromatic hydroxyl groups is 1. The molecule has 0 spiro atoms. The van der Waals surface area contributed by atoms with Crippen molar-refractivity contribution in [1.82, 2.24) is 0 Å². The first-order valence-electron chi connectivity index (χ1n) is 21.6. The highest BCUT2D eigenvalue weighted by Gasteiger charge is 2.40. The first-order valence-corrected chi connectivity index (χ1v) is 21.6. The zero-order valence-corrected chi connectivity index (χ0v) is 34.4. The van der Waals surface area contributed by atoms with Crippen molar-refractivity contribution in [1.29, 1.82) is 0 Å². The van der Waals surface area contributed by atoms with Gasteiger partial charge in [-0.1, -0.05) is 115 Å². The van der Waals surface area contributed by atoms with Crippen molar-refractivity contribution < 1.29 is 23.4 Å². The van der Waals surface area contributed by atoms with Crippen LogP contribution in [0.25, 0.3) is 49.5 Å². The van der Waals surface area contributed by atoms with Crippen molar-refractivity contribution >= 4 is 66.5 Å². The van der Waals surface area contributed by atoms with Gasteiger partial charge < -0.3 is 33.2 Å². The molecule has 0 fully saturated rings. The molecule has 304 valence electrons. The number of phenolic OH excluding ortho intramolecular Hbond substituents is 1. The molecular weight excluding hydrogens is 781 g/mol. The molecule has 0 bridgehead atoms. The largest absolute Gasteiger partial charge is 0.507 e. The minimum Gasteiger partial charge on any atom is -0.507 e. The molecule has 2 aliphatic heterocycles. The van der Waals surface area contributed by atoms with Crippen molar-refractivity contribution in [3.8, 4) is 17.2 Å². The Morgan fingerprint density at radius 3 is 2.21 bits per heavy atom. The van der Waals surface area contributed by atoms with Gasteiger partial charge in [0.15, 0.2) is 0 Å². The van der Waals surface area contributed by atoms with E-state index >= 15 is 0 Å². The Balaban J connectivity index is 1.04. The quantitative estimate of drug-likeness (QED) is 0.190. The summed E-state index contributed by atoms with van der Waals surface area (Å²) < 4.78 is 26.9. The lowest BCUT2D eigenvalue weighted by Crippen LogP contribution is -2.49. The molecule has 3 unspecified atom stereocenters. The van der Waals surface area contributed by atoms with Gasteiger partial charge in [0.1, 0.15) is 52.3 Å². The summed E-state index contributed by atoms with van der Waals surface area (Å²) in [5, 5.41) is 15.3. The molecule has 0 saturated carbocycles. The second-order valence-corrected chi connectivity index (χ2v) is 16.9. The van der Waals surface area contributed by atoms with Crippen LogP contribution in [0, 0.1) is 0 Å². The molecule has 7 aromatic carbocycles. The number of ether oxygens (including phenoxy) is 2. The van der Waals surface area contributed by atoms with E-state index in [1.165, 1.54) is 0 Å². The van der Waals surface area contributed by atoms with E-state index in [0.29, 0.717) is 13.0 Å². The molecule has 63 heavy (non-hydrogen) atoms. The first-order chi connectivity index (χ1) is 31.0. The number of benzene rings is 7. The van der Waals surface area contributed by atoms with Gasteiger partial charge in [-0.25, -0.2) is 0 Å². The van der Waals surface area contributed by atoms with Gasteiger partial charge in [0, 0.05) is 61.6 Å². The second-order valence-electron chi connectivity index (χ2n) is 16.9. The summed E-state index contributed by atoms with van der Waals surface area (Å²) in [6.45, 7) is 2.55. The number of rotatable bonds is 4. The molecule has 2 aliphatic carbocycles. The summed E-state index contributed by atoms with van der Waals surface area (Å²) in [4.78, 5) is 4.84. The van der Waals surface area contributed by atoms with Crippen molar-refractivity contribution in [2.75, 3.05) is 9.80 Å². The summed E-state index contributed by atoms with van der Waals surface area (Å²) in [7, 11) is 0. The van der Waals surface area contributed by atoms with E-state index in [1.54, 1.807) is 6.07 Å². The third-order valence-corrected chi connectivity index (χ3v) is 13.2. The predicted octanol–water partition coefficient (Wildman–Crippen LogP) is 13.9. The number of nitrogens with zero attached hydrogens (tertiary/aromatic N) is 2. The average Bonchev–Trinajstić information content (AvgIpc) is 3.83. The van der Waals surface area contributed by atoms with E-state index in [9.17, 15) is 5.11 Å². The van der Waals surface area contributed by atoms with Crippen LogP contribution < -0.4 is 19.3 Å². The fourth-order valence-corrected chi connectivity index (χ4v) is 10.4. The monoisotopic (exact) mass is 820 g/mol. The predicted molar refractivity (Wildman–Crippen MR) is 251 cm³/mol. The summed E-state index contributed by atoms with van der Waals surface area (Å²) in [5.74, 6) is 1.75. The van der Waals surface area contributed by atoms with Crippen molar-refractivity contribution in [2.45, 2.75) is 38.0 Å². The molecule has 1 N–H and O–H groups in total. The number of allylic oxidation sites excluding steroid dienone is 5. The molecule has 0 amide bonds. The molecular formula is C56H40N2O5. The van der Waals surface area contributed by atoms with Crippen LogP contribution in [0.5, 0.6) is 17.2 Å². The Morgan fingerprint density at radius 1 is 0.603 bits per heavy atom. The van der Waals surface area contributed by atoms with Gasteiger partial charge in [0.05, 0.1) is 23.1 Å². The van der Waals surface area contributed by atoms with Gasteiger partial charge in [-0.05, 0) is 79.1 Å². The van der Waals surface area contributed by atoms with Crippen LogP contribution in [-0.4, -0.2) is 17.3 Å². The highest BCUT2D eigenvalue weighted by molar-refractivity contribution is 6.08. The smallest absolute Gasteiger partial charge is 0.144 e. The van der Waals surface area contributed by atoms with Crippen LogP contribution in [0.15, 0.2) is 202 Å². The van der Waals surface area contributed by atoms with Crippen LogP contribution in [0.3, 0.4) is 0 Å². The van der Waals surface area contributed by atoms with E-state index in [4.69, 9.17) is 18.3 Å². The lowest BCUT2D eigenvalue weighted by Gasteiger charge is -2.46. The SMILES string of the molecule is CC1=CC2C(C=C1c1ccccc1O)Oc1ccccc1N2C1=CC(N2c3ccccc3COc3cc4c(cc32)oc2ccccc24)=CC(c2cccc3c2oc2ccccc23)C1. The highest BCUT2D eigenvalue weighted by atomic mass is 16.5. The molecule has 2 aromatic heterocycles. The van der Waals surface area contributed by atoms with E-state index in [0.717, 1.165) is 112 Å². The minimum absolute atomic E-state index is 0.0894. The molecule has 7 heteroatoms. The number of fused-ring (bicyclic) bond motifs is 10. The number of hydrogen-bond donors (Lipinski definition) is 1. The third kappa shape index (κ3) is 5.59. The van der Waals surface area contributed by atoms with Crippen molar-refractivity contribution in [2.24, 2.45) is 0 Å². The van der Waals surface area contributed by atoms with Crippen LogP contribution >= 0.6 is 0 Å². The third-order valence-electron chi connectivity index (χ3n) is 13.2. The second kappa shape index (κ2) is 13.8. The molecule has 3 atom stereocenters. The highest BCUT2D eigenvalue weighted by Crippen LogP contribution is 2.51. The molecule has 4 aliphatic rings. The Labute approximate surface area is 363 Å². The van der Waals surface area contributed by atoms with Crippen molar-refractivity contribution in [3.63, 3.8) is 0 Å². The van der Waals surface area contributed by atoms with E-state index in [-0.39, 0.29) is 23.8 Å². The zero-order valence-electron chi connectivity index (χ0n) is 34.4. The van der Waals surface area contributed by atoms with E-state index in [2.05, 4.69) is 138 Å². The molecule has 9 aromatic rings. The first kappa shape index (κ1) is 35.8. The fourth-order valence-electron chi connectivity index (χ4n) is 10.4. The lowest BCUT2D eigenvalue weighted by atomic mass is 9.84. The summed E-state index contributed by atoms with van der Waals surface area (Å²) in [6.07, 6.45) is 9.61. The minimum atomic E-state index is -0.333. The van der Waals surface area contributed by atoms with Gasteiger partial charge in [-0.3, -0.25) is 0 Å². The molecule has 0 saturated heterocycles. The Hall–Kier alpha value is -7.90. The Bertz CT molecular complexity index is 3490. The maximum atomic E-state index is 11.0. The average molecular weight is 821 g/mol. The van der Waals surface area contributed by atoms with Crippen LogP contribution in [-0.2, 0) is 6.61 Å². The van der Waals surface area contributed by atoms with Crippen molar-refractivity contribution in [3.05, 3.63) is 210 Å². The lowest BCUT2D eigenvalue weighted by molar-refractivity contribution is 0.215. The Morgan fingerprint density at radius 2 is 1.33 bits per heavy atom. The summed E-state index contributed by atoms with van der Waals surface area (Å²) >= 11 is 0. The van der Waals surface area contributed by atoms with Gasteiger partial charge in [-0.15, -0.1) is 0 Å². The fraction of sp³-hybridized carbons (Fsp3) is 0.107. The zero-order chi connectivity index (χ0) is 41.8. The number of furan rings is 2. The van der Waals surface area contributed by atoms with Gasteiger partial charge in [0.25, 0.3) is 0 Å². The maximum absolute atomic E-state index is 11.0. The summed E-state index contributed by atoms with van der Waals surface area (Å²) in [5.41, 5.74) is 13.5. The van der Waals surface area contributed by atoms with Crippen LogP contribution in [0.4, 0.5) is 17.1 Å². The number of hydrogen-bond acceptors (Lipinski definition) is 7. The van der Waals surface area contributed by atoms with Crippen LogP contribution in [0.1, 0.15) is 36.0 Å². The van der Waals surface area contributed by atoms with Gasteiger partial charge >= 0.3 is 0 Å². The normalized spacial score (nSPS) is 19.2. The number of para-hydroxylation sites is 7. The van der Waals surface area contributed by atoms with Gasteiger partial charge in [0.2, 0.25) is 0 Å². The van der Waals surface area contributed by atoms with Gasteiger partial charge in [-0.2, -0.15) is 0 Å². The molecule has 7 nitrogen and oxygen atoms in total. The molecule has 0 radical (unpaired) electrons.